The van der Waals surface area contributed by atoms with E-state index in [2.05, 4.69) is 58.9 Å². The lowest BCUT2D eigenvalue weighted by Crippen LogP contribution is -2.49. The van der Waals surface area contributed by atoms with Gasteiger partial charge in [-0.1, -0.05) is 38.2 Å². The first-order chi connectivity index (χ1) is 10.2. The van der Waals surface area contributed by atoms with Crippen molar-refractivity contribution in [1.29, 1.82) is 0 Å². The zero-order chi connectivity index (χ0) is 16.0. The highest BCUT2D eigenvalue weighted by Crippen LogP contribution is 2.45. The molecule has 3 heterocycles. The summed E-state index contributed by atoms with van der Waals surface area (Å²) in [5.74, 6) is 1.32. The molecule has 0 spiro atoms. The lowest BCUT2D eigenvalue weighted by atomic mass is 9.80. The van der Waals surface area contributed by atoms with Gasteiger partial charge in [-0.05, 0) is 64.7 Å². The van der Waals surface area contributed by atoms with Crippen molar-refractivity contribution in [1.82, 2.24) is 0 Å². The number of ether oxygens (including phenoxy) is 2. The molecule has 3 aliphatic heterocycles. The molecule has 0 aliphatic carbocycles. The lowest BCUT2D eigenvalue weighted by Gasteiger charge is -2.44. The molecule has 3 aliphatic rings. The van der Waals surface area contributed by atoms with E-state index in [1.807, 2.05) is 0 Å². The van der Waals surface area contributed by atoms with Crippen LogP contribution in [0.5, 0.6) is 0 Å². The number of hydrogen-bond donors (Lipinski definition) is 0. The summed E-state index contributed by atoms with van der Waals surface area (Å²) in [7, 11) is 0. The SMILES string of the molecule is CC(C)C1C=CC2(C)CC=CC3(C)CCC(O3)C(C)(CC1)O2. The van der Waals surface area contributed by atoms with Gasteiger partial charge in [0.2, 0.25) is 0 Å². The van der Waals surface area contributed by atoms with E-state index in [1.165, 1.54) is 6.42 Å². The minimum absolute atomic E-state index is 0.101. The van der Waals surface area contributed by atoms with Crippen LogP contribution in [0.1, 0.15) is 66.7 Å². The summed E-state index contributed by atoms with van der Waals surface area (Å²) in [4.78, 5) is 0. The molecule has 5 unspecified atom stereocenters. The molecule has 5 atom stereocenters. The number of rotatable bonds is 1. The molecule has 124 valence electrons. The first-order valence-electron chi connectivity index (χ1n) is 8.99. The monoisotopic (exact) mass is 304 g/mol. The van der Waals surface area contributed by atoms with Crippen LogP contribution >= 0.6 is 0 Å². The van der Waals surface area contributed by atoms with Gasteiger partial charge in [-0.15, -0.1) is 0 Å². The van der Waals surface area contributed by atoms with Crippen molar-refractivity contribution in [2.24, 2.45) is 11.8 Å². The van der Waals surface area contributed by atoms with Crippen molar-refractivity contribution in [2.75, 3.05) is 0 Å². The third-order valence-corrected chi connectivity index (χ3v) is 5.98. The molecule has 4 bridgehead atoms. The van der Waals surface area contributed by atoms with Crippen LogP contribution in [0.3, 0.4) is 0 Å². The van der Waals surface area contributed by atoms with Crippen LogP contribution in [-0.4, -0.2) is 22.9 Å². The van der Waals surface area contributed by atoms with E-state index in [1.54, 1.807) is 0 Å². The van der Waals surface area contributed by atoms with Crippen LogP contribution in [-0.2, 0) is 9.47 Å². The van der Waals surface area contributed by atoms with E-state index >= 15 is 0 Å². The standard InChI is InChI=1S/C20H32O2/c1-15(2)16-7-12-19(4)11-6-10-18(3)13-9-17(21-18)20(5,22-19)14-8-16/h6-7,10,12,15-17H,8-9,11,13-14H2,1-5H3. The maximum atomic E-state index is 6.73. The molecular weight excluding hydrogens is 272 g/mol. The van der Waals surface area contributed by atoms with Gasteiger partial charge in [-0.3, -0.25) is 0 Å². The molecule has 0 aromatic rings. The Balaban J connectivity index is 1.98. The van der Waals surface area contributed by atoms with Gasteiger partial charge in [0.15, 0.2) is 0 Å². The summed E-state index contributed by atoms with van der Waals surface area (Å²) < 4.78 is 13.2. The average molecular weight is 304 g/mol. The van der Waals surface area contributed by atoms with Crippen LogP contribution in [0.25, 0.3) is 0 Å². The largest absolute Gasteiger partial charge is 0.365 e. The van der Waals surface area contributed by atoms with Gasteiger partial charge in [0.25, 0.3) is 0 Å². The molecule has 0 N–H and O–H groups in total. The van der Waals surface area contributed by atoms with E-state index in [-0.39, 0.29) is 22.9 Å². The van der Waals surface area contributed by atoms with E-state index < -0.39 is 0 Å². The number of hydrogen-bond acceptors (Lipinski definition) is 2. The fraction of sp³-hybridized carbons (Fsp3) is 0.800. The molecule has 0 aromatic carbocycles. The molecule has 0 radical (unpaired) electrons. The van der Waals surface area contributed by atoms with Crippen LogP contribution in [0.2, 0.25) is 0 Å². The summed E-state index contributed by atoms with van der Waals surface area (Å²) in [5.41, 5.74) is -0.505. The summed E-state index contributed by atoms with van der Waals surface area (Å²) in [6.45, 7) is 11.4. The Morgan fingerprint density at radius 1 is 1.00 bits per heavy atom. The number of fused-ring (bicyclic) bond motifs is 5. The third-order valence-electron chi connectivity index (χ3n) is 5.98. The molecule has 1 saturated heterocycles. The van der Waals surface area contributed by atoms with Crippen LogP contribution < -0.4 is 0 Å². The minimum atomic E-state index is -0.219. The Labute approximate surface area is 136 Å². The molecule has 0 aromatic heterocycles. The molecular formula is C20H32O2. The Kier molecular flexibility index (Phi) is 4.06. The lowest BCUT2D eigenvalue weighted by molar-refractivity contribution is -0.189. The van der Waals surface area contributed by atoms with Gasteiger partial charge < -0.3 is 9.47 Å². The second-order valence-electron chi connectivity index (χ2n) is 8.60. The zero-order valence-corrected chi connectivity index (χ0v) is 14.9. The van der Waals surface area contributed by atoms with Crippen molar-refractivity contribution in [3.63, 3.8) is 0 Å². The van der Waals surface area contributed by atoms with Crippen molar-refractivity contribution in [3.8, 4) is 0 Å². The van der Waals surface area contributed by atoms with Gasteiger partial charge >= 0.3 is 0 Å². The zero-order valence-electron chi connectivity index (χ0n) is 14.9. The van der Waals surface area contributed by atoms with Gasteiger partial charge in [-0.2, -0.15) is 0 Å². The Bertz CT molecular complexity index is 480. The summed E-state index contributed by atoms with van der Waals surface area (Å²) >= 11 is 0. The van der Waals surface area contributed by atoms with Gasteiger partial charge in [0.05, 0.1) is 22.9 Å². The predicted molar refractivity (Wildman–Crippen MR) is 90.9 cm³/mol. The third kappa shape index (κ3) is 3.05. The Hall–Kier alpha value is -0.600. The minimum Gasteiger partial charge on any atom is -0.365 e. The first kappa shape index (κ1) is 16.3. The van der Waals surface area contributed by atoms with Gasteiger partial charge in [0, 0.05) is 0 Å². The molecule has 3 rings (SSSR count). The number of allylic oxidation sites excluding steroid dienone is 1. The van der Waals surface area contributed by atoms with E-state index in [4.69, 9.17) is 9.47 Å². The average Bonchev–Trinajstić information content (AvgIpc) is 2.80. The quantitative estimate of drug-likeness (QED) is 0.632. The Morgan fingerprint density at radius 3 is 2.50 bits per heavy atom. The van der Waals surface area contributed by atoms with E-state index in [0.29, 0.717) is 11.8 Å². The van der Waals surface area contributed by atoms with Crippen LogP contribution in [0, 0.1) is 11.8 Å². The normalized spacial score (nSPS) is 48.5. The van der Waals surface area contributed by atoms with E-state index in [0.717, 1.165) is 25.7 Å². The van der Waals surface area contributed by atoms with Crippen LogP contribution in [0.15, 0.2) is 24.3 Å². The fourth-order valence-electron chi connectivity index (χ4n) is 4.34. The maximum Gasteiger partial charge on any atom is 0.0927 e. The van der Waals surface area contributed by atoms with Crippen molar-refractivity contribution < 1.29 is 9.47 Å². The van der Waals surface area contributed by atoms with Crippen molar-refractivity contribution in [2.45, 2.75) is 89.6 Å². The van der Waals surface area contributed by atoms with Gasteiger partial charge in [0.1, 0.15) is 0 Å². The highest BCUT2D eigenvalue weighted by Gasteiger charge is 2.49. The molecule has 2 nitrogen and oxygen atoms in total. The van der Waals surface area contributed by atoms with E-state index in [9.17, 15) is 0 Å². The Morgan fingerprint density at radius 2 is 1.77 bits per heavy atom. The highest BCUT2D eigenvalue weighted by molar-refractivity contribution is 5.15. The van der Waals surface area contributed by atoms with Gasteiger partial charge in [-0.25, -0.2) is 0 Å². The van der Waals surface area contributed by atoms with Crippen molar-refractivity contribution >= 4 is 0 Å². The molecule has 1 fully saturated rings. The smallest absolute Gasteiger partial charge is 0.0927 e. The predicted octanol–water partition coefficient (Wildman–Crippen LogP) is 5.04. The molecule has 2 heteroatoms. The topological polar surface area (TPSA) is 18.5 Å². The second-order valence-corrected chi connectivity index (χ2v) is 8.60. The molecule has 0 amide bonds. The molecule has 22 heavy (non-hydrogen) atoms. The van der Waals surface area contributed by atoms with Crippen LogP contribution in [0.4, 0.5) is 0 Å². The maximum absolute atomic E-state index is 6.73. The first-order valence-corrected chi connectivity index (χ1v) is 8.99. The molecule has 0 saturated carbocycles. The second kappa shape index (κ2) is 5.49. The summed E-state index contributed by atoms with van der Waals surface area (Å²) in [5, 5.41) is 0. The van der Waals surface area contributed by atoms with Crippen molar-refractivity contribution in [3.05, 3.63) is 24.3 Å². The summed E-state index contributed by atoms with van der Waals surface area (Å²) in [6.07, 6.45) is 14.9. The highest BCUT2D eigenvalue weighted by atomic mass is 16.6. The fourth-order valence-corrected chi connectivity index (χ4v) is 4.34. The summed E-state index contributed by atoms with van der Waals surface area (Å²) in [6, 6.07) is 0.